The second kappa shape index (κ2) is 5.67. The Morgan fingerprint density at radius 1 is 1.53 bits per heavy atom. The number of anilines is 2. The standard InChI is InChI=1S/C11H16N2O3S/c1-7(17(3)15)11(14)13-9-6-8(12)4-5-10(9)16-2/h4-7H,12H2,1-3H3,(H,13,14). The van der Waals surface area contributed by atoms with Crippen LogP contribution in [-0.4, -0.2) is 28.7 Å². The first-order chi connectivity index (χ1) is 7.95. The summed E-state index contributed by atoms with van der Waals surface area (Å²) in [6, 6.07) is 4.94. The lowest BCUT2D eigenvalue weighted by molar-refractivity contribution is -0.115. The van der Waals surface area contributed by atoms with E-state index < -0.39 is 16.0 Å². The lowest BCUT2D eigenvalue weighted by atomic mass is 10.2. The molecule has 0 fully saturated rings. The van der Waals surface area contributed by atoms with Crippen LogP contribution in [0, 0.1) is 0 Å². The average molecular weight is 256 g/mol. The van der Waals surface area contributed by atoms with Gasteiger partial charge in [0.2, 0.25) is 5.91 Å². The number of ether oxygens (including phenoxy) is 1. The molecule has 0 heterocycles. The normalized spacial score (nSPS) is 13.8. The number of carbonyl (C=O) groups is 1. The third-order valence-electron chi connectivity index (χ3n) is 2.35. The minimum atomic E-state index is -1.21. The minimum Gasteiger partial charge on any atom is -0.495 e. The smallest absolute Gasteiger partial charge is 0.239 e. The minimum absolute atomic E-state index is 0.324. The second-order valence-corrected chi connectivity index (χ2v) is 5.29. The molecule has 6 heteroatoms. The van der Waals surface area contributed by atoms with Crippen LogP contribution in [0.1, 0.15) is 6.92 Å². The summed E-state index contributed by atoms with van der Waals surface area (Å²) in [6.45, 7) is 1.60. The van der Waals surface area contributed by atoms with E-state index in [2.05, 4.69) is 5.32 Å². The highest BCUT2D eigenvalue weighted by Crippen LogP contribution is 2.26. The fourth-order valence-electron chi connectivity index (χ4n) is 1.21. The van der Waals surface area contributed by atoms with Crippen LogP contribution >= 0.6 is 0 Å². The van der Waals surface area contributed by atoms with Crippen molar-refractivity contribution in [1.82, 2.24) is 0 Å². The Labute approximate surface area is 103 Å². The molecule has 2 atom stereocenters. The number of rotatable bonds is 4. The molecule has 1 aromatic carbocycles. The lowest BCUT2D eigenvalue weighted by Crippen LogP contribution is -2.28. The summed E-state index contributed by atoms with van der Waals surface area (Å²) in [6.07, 6.45) is 1.49. The van der Waals surface area contributed by atoms with Gasteiger partial charge >= 0.3 is 0 Å². The van der Waals surface area contributed by atoms with Crippen molar-refractivity contribution in [2.24, 2.45) is 0 Å². The first-order valence-corrected chi connectivity index (χ1v) is 6.64. The van der Waals surface area contributed by atoms with E-state index in [4.69, 9.17) is 10.5 Å². The largest absolute Gasteiger partial charge is 0.495 e. The van der Waals surface area contributed by atoms with Crippen molar-refractivity contribution in [3.05, 3.63) is 18.2 Å². The van der Waals surface area contributed by atoms with Crippen LogP contribution in [0.2, 0.25) is 0 Å². The molecule has 0 aliphatic heterocycles. The van der Waals surface area contributed by atoms with E-state index in [-0.39, 0.29) is 5.91 Å². The summed E-state index contributed by atoms with van der Waals surface area (Å²) in [7, 11) is 0.290. The van der Waals surface area contributed by atoms with Gasteiger partial charge in [0, 0.05) is 22.7 Å². The topological polar surface area (TPSA) is 81.4 Å². The summed E-state index contributed by atoms with van der Waals surface area (Å²) in [4.78, 5) is 11.7. The number of carbonyl (C=O) groups excluding carboxylic acids is 1. The highest BCUT2D eigenvalue weighted by atomic mass is 32.2. The molecule has 5 nitrogen and oxygen atoms in total. The zero-order valence-corrected chi connectivity index (χ0v) is 10.8. The maximum atomic E-state index is 11.7. The van der Waals surface area contributed by atoms with Gasteiger partial charge in [-0.3, -0.25) is 9.00 Å². The van der Waals surface area contributed by atoms with Crippen LogP contribution in [0.15, 0.2) is 18.2 Å². The highest BCUT2D eigenvalue weighted by molar-refractivity contribution is 7.85. The zero-order valence-electron chi connectivity index (χ0n) is 10.0. The number of nitrogens with two attached hydrogens (primary N) is 1. The molecule has 0 spiro atoms. The molecular weight excluding hydrogens is 240 g/mol. The predicted molar refractivity (Wildman–Crippen MR) is 69.6 cm³/mol. The van der Waals surface area contributed by atoms with Crippen LogP contribution in [0.4, 0.5) is 11.4 Å². The number of hydrogen-bond donors (Lipinski definition) is 2. The fraction of sp³-hybridized carbons (Fsp3) is 0.364. The first-order valence-electron chi connectivity index (χ1n) is 5.02. The van der Waals surface area contributed by atoms with Crippen molar-refractivity contribution >= 4 is 28.1 Å². The van der Waals surface area contributed by atoms with Crippen molar-refractivity contribution in [2.45, 2.75) is 12.2 Å². The van der Waals surface area contributed by atoms with Crippen LogP contribution in [0.5, 0.6) is 5.75 Å². The summed E-state index contributed by atoms with van der Waals surface area (Å²) >= 11 is 0. The summed E-state index contributed by atoms with van der Waals surface area (Å²) in [5, 5.41) is 2.06. The predicted octanol–water partition coefficient (Wildman–Crippen LogP) is 0.983. The van der Waals surface area contributed by atoms with Crippen molar-refractivity contribution in [2.75, 3.05) is 24.4 Å². The van der Waals surface area contributed by atoms with Gasteiger partial charge in [-0.05, 0) is 25.1 Å². The molecule has 0 aromatic heterocycles. The van der Waals surface area contributed by atoms with Crippen LogP contribution < -0.4 is 15.8 Å². The Morgan fingerprint density at radius 3 is 2.71 bits per heavy atom. The summed E-state index contributed by atoms with van der Waals surface area (Å²) in [5.74, 6) is 0.191. The van der Waals surface area contributed by atoms with E-state index in [1.165, 1.54) is 13.4 Å². The van der Waals surface area contributed by atoms with Crippen molar-refractivity contribution < 1.29 is 13.7 Å². The summed E-state index contributed by atoms with van der Waals surface area (Å²) < 4.78 is 16.3. The molecule has 0 aliphatic carbocycles. The van der Waals surface area contributed by atoms with Gasteiger partial charge < -0.3 is 15.8 Å². The number of methoxy groups -OCH3 is 1. The monoisotopic (exact) mass is 256 g/mol. The van der Waals surface area contributed by atoms with Gasteiger partial charge in [0.25, 0.3) is 0 Å². The van der Waals surface area contributed by atoms with Gasteiger partial charge in [0.15, 0.2) is 0 Å². The SMILES string of the molecule is COc1ccc(N)cc1NC(=O)C(C)S(C)=O. The van der Waals surface area contributed by atoms with Gasteiger partial charge in [-0.25, -0.2) is 0 Å². The van der Waals surface area contributed by atoms with E-state index in [1.807, 2.05) is 0 Å². The molecule has 17 heavy (non-hydrogen) atoms. The van der Waals surface area contributed by atoms with Crippen LogP contribution in [0.25, 0.3) is 0 Å². The Kier molecular flexibility index (Phi) is 4.51. The third-order valence-corrected chi connectivity index (χ3v) is 3.56. The zero-order chi connectivity index (χ0) is 13.0. The van der Waals surface area contributed by atoms with E-state index in [9.17, 15) is 9.00 Å². The van der Waals surface area contributed by atoms with Gasteiger partial charge in [0.05, 0.1) is 12.8 Å². The van der Waals surface area contributed by atoms with E-state index >= 15 is 0 Å². The van der Waals surface area contributed by atoms with Crippen molar-refractivity contribution in [1.29, 1.82) is 0 Å². The molecule has 0 saturated heterocycles. The van der Waals surface area contributed by atoms with E-state index in [0.717, 1.165) is 0 Å². The van der Waals surface area contributed by atoms with Gasteiger partial charge in [-0.15, -0.1) is 0 Å². The Bertz CT molecular complexity index is 448. The quantitative estimate of drug-likeness (QED) is 0.787. The fourth-order valence-corrected chi connectivity index (χ4v) is 1.57. The average Bonchev–Trinajstić information content (AvgIpc) is 2.28. The van der Waals surface area contributed by atoms with Crippen LogP contribution in [0.3, 0.4) is 0 Å². The number of benzene rings is 1. The maximum absolute atomic E-state index is 11.7. The molecule has 3 N–H and O–H groups in total. The van der Waals surface area contributed by atoms with Gasteiger partial charge in [0.1, 0.15) is 11.0 Å². The van der Waals surface area contributed by atoms with Gasteiger partial charge in [-0.2, -0.15) is 0 Å². The number of amides is 1. The molecule has 94 valence electrons. The number of nitrogen functional groups attached to an aromatic ring is 1. The molecular formula is C11H16N2O3S. The van der Waals surface area contributed by atoms with Crippen molar-refractivity contribution in [3.8, 4) is 5.75 Å². The van der Waals surface area contributed by atoms with E-state index in [1.54, 1.807) is 25.1 Å². The molecule has 1 aromatic rings. The van der Waals surface area contributed by atoms with Gasteiger partial charge in [-0.1, -0.05) is 0 Å². The number of hydrogen-bond acceptors (Lipinski definition) is 4. The first kappa shape index (κ1) is 13.5. The molecule has 0 bridgehead atoms. The Balaban J connectivity index is 2.91. The van der Waals surface area contributed by atoms with E-state index in [0.29, 0.717) is 17.1 Å². The third kappa shape index (κ3) is 3.45. The molecule has 1 rings (SSSR count). The maximum Gasteiger partial charge on any atom is 0.239 e. The molecule has 2 unspecified atom stereocenters. The Morgan fingerprint density at radius 2 is 2.18 bits per heavy atom. The summed E-state index contributed by atoms with van der Waals surface area (Å²) in [5.41, 5.74) is 6.63. The molecule has 0 radical (unpaired) electrons. The lowest BCUT2D eigenvalue weighted by Gasteiger charge is -2.13. The molecule has 0 aliphatic rings. The highest BCUT2D eigenvalue weighted by Gasteiger charge is 2.18. The van der Waals surface area contributed by atoms with Crippen LogP contribution in [-0.2, 0) is 15.6 Å². The van der Waals surface area contributed by atoms with Crippen molar-refractivity contribution in [3.63, 3.8) is 0 Å². The number of nitrogens with one attached hydrogen (secondary N) is 1. The Hall–Kier alpha value is -1.56. The second-order valence-electron chi connectivity index (χ2n) is 3.59. The molecule has 1 amide bonds. The molecule has 0 saturated carbocycles.